The van der Waals surface area contributed by atoms with Gasteiger partial charge in [0, 0.05) is 16.3 Å². The molecule has 0 aromatic heterocycles. The van der Waals surface area contributed by atoms with Crippen molar-refractivity contribution in [3.8, 4) is 0 Å². The van der Waals surface area contributed by atoms with E-state index < -0.39 is 5.82 Å². The molecule has 2 rings (SSSR count). The molecule has 0 fully saturated rings. The highest BCUT2D eigenvalue weighted by Gasteiger charge is 2.05. The molecule has 0 aliphatic carbocycles. The molecule has 3 N–H and O–H groups in total. The van der Waals surface area contributed by atoms with Crippen LogP contribution < -0.4 is 11.1 Å². The lowest BCUT2D eigenvalue weighted by Gasteiger charge is -2.10. The predicted octanol–water partition coefficient (Wildman–Crippen LogP) is 4.51. The van der Waals surface area contributed by atoms with E-state index in [4.69, 9.17) is 41.2 Å². The Morgan fingerprint density at radius 1 is 1.16 bits per heavy atom. The Hall–Kier alpha value is -1.36. The molecule has 0 saturated carbocycles. The third-order valence-electron chi connectivity index (χ3n) is 2.40. The fourth-order valence-electron chi connectivity index (χ4n) is 1.55. The first-order valence-corrected chi connectivity index (χ1v) is 6.44. The van der Waals surface area contributed by atoms with E-state index in [0.29, 0.717) is 27.0 Å². The van der Waals surface area contributed by atoms with Crippen molar-refractivity contribution in [3.63, 3.8) is 0 Å². The van der Waals surface area contributed by atoms with E-state index in [1.807, 2.05) is 0 Å². The van der Waals surface area contributed by atoms with Crippen molar-refractivity contribution in [2.45, 2.75) is 0 Å². The summed E-state index contributed by atoms with van der Waals surface area (Å²) in [5, 5.41) is 3.72. The maximum Gasteiger partial charge on any atom is 0.126 e. The van der Waals surface area contributed by atoms with Crippen LogP contribution in [0, 0.1) is 5.82 Å². The van der Waals surface area contributed by atoms with E-state index >= 15 is 0 Å². The maximum absolute atomic E-state index is 13.2. The lowest BCUT2D eigenvalue weighted by atomic mass is 10.2. The number of hydrogen-bond donors (Lipinski definition) is 2. The molecule has 0 aliphatic heterocycles. The highest BCUT2D eigenvalue weighted by molar-refractivity contribution is 7.80. The Balaban J connectivity index is 2.30. The number of nitrogens with two attached hydrogens (primary N) is 1. The molecule has 0 unspecified atom stereocenters. The summed E-state index contributed by atoms with van der Waals surface area (Å²) in [4.78, 5) is 0.266. The second-order valence-electron chi connectivity index (χ2n) is 3.84. The highest BCUT2D eigenvalue weighted by atomic mass is 35.5. The quantitative estimate of drug-likeness (QED) is 0.819. The minimum atomic E-state index is -0.425. The van der Waals surface area contributed by atoms with Crippen LogP contribution in [-0.4, -0.2) is 4.99 Å². The van der Waals surface area contributed by atoms with Crippen LogP contribution >= 0.6 is 35.4 Å². The van der Waals surface area contributed by atoms with Gasteiger partial charge in [-0.25, -0.2) is 4.39 Å². The summed E-state index contributed by atoms with van der Waals surface area (Å²) in [7, 11) is 0. The SMILES string of the molecule is NC(=S)c1ccc(Nc2cc(F)cc(Cl)c2)c(Cl)c1. The summed E-state index contributed by atoms with van der Waals surface area (Å²) in [6, 6.07) is 9.25. The van der Waals surface area contributed by atoms with Gasteiger partial charge in [0.1, 0.15) is 10.8 Å². The molecule has 19 heavy (non-hydrogen) atoms. The van der Waals surface area contributed by atoms with Gasteiger partial charge in [-0.15, -0.1) is 0 Å². The molecule has 0 bridgehead atoms. The molecular formula is C13H9Cl2FN2S. The van der Waals surface area contributed by atoms with Gasteiger partial charge in [-0.2, -0.15) is 0 Å². The molecule has 0 aliphatic rings. The molecular weight excluding hydrogens is 306 g/mol. The molecule has 2 aromatic carbocycles. The molecule has 0 atom stereocenters. The van der Waals surface area contributed by atoms with Gasteiger partial charge in [0.05, 0.1) is 10.7 Å². The Kier molecular flexibility index (Phi) is 4.24. The molecule has 0 saturated heterocycles. The van der Waals surface area contributed by atoms with Crippen LogP contribution in [0.25, 0.3) is 0 Å². The normalized spacial score (nSPS) is 10.3. The van der Waals surface area contributed by atoms with Crippen LogP contribution in [0.5, 0.6) is 0 Å². The Labute approximate surface area is 125 Å². The minimum Gasteiger partial charge on any atom is -0.389 e. The Morgan fingerprint density at radius 2 is 1.89 bits per heavy atom. The van der Waals surface area contributed by atoms with Crippen molar-refractivity contribution in [2.75, 3.05) is 5.32 Å². The van der Waals surface area contributed by atoms with Crippen LogP contribution in [-0.2, 0) is 0 Å². The lowest BCUT2D eigenvalue weighted by Crippen LogP contribution is -2.09. The summed E-state index contributed by atoms with van der Waals surface area (Å²) in [6.07, 6.45) is 0. The maximum atomic E-state index is 13.2. The van der Waals surface area contributed by atoms with E-state index in [-0.39, 0.29) is 4.99 Å². The fourth-order valence-corrected chi connectivity index (χ4v) is 2.13. The average Bonchev–Trinajstić information content (AvgIpc) is 2.30. The lowest BCUT2D eigenvalue weighted by molar-refractivity contribution is 0.628. The van der Waals surface area contributed by atoms with Crippen LogP contribution in [0.3, 0.4) is 0 Å². The molecule has 0 amide bonds. The minimum absolute atomic E-state index is 0.266. The summed E-state index contributed by atoms with van der Waals surface area (Å²) < 4.78 is 13.2. The fraction of sp³-hybridized carbons (Fsp3) is 0. The second kappa shape index (κ2) is 5.74. The van der Waals surface area contributed by atoms with E-state index in [9.17, 15) is 4.39 Å². The van der Waals surface area contributed by atoms with Crippen LogP contribution in [0.15, 0.2) is 36.4 Å². The largest absolute Gasteiger partial charge is 0.389 e. The van der Waals surface area contributed by atoms with Gasteiger partial charge in [0.2, 0.25) is 0 Å². The molecule has 0 radical (unpaired) electrons. The Bertz CT molecular complexity index is 626. The molecule has 2 nitrogen and oxygen atoms in total. The number of hydrogen-bond acceptors (Lipinski definition) is 2. The van der Waals surface area contributed by atoms with Gasteiger partial charge in [-0.1, -0.05) is 35.4 Å². The molecule has 0 spiro atoms. The number of benzene rings is 2. The molecule has 6 heteroatoms. The average molecular weight is 315 g/mol. The highest BCUT2D eigenvalue weighted by Crippen LogP contribution is 2.28. The van der Waals surface area contributed by atoms with Gasteiger partial charge in [0.15, 0.2) is 0 Å². The zero-order valence-corrected chi connectivity index (χ0v) is 11.9. The smallest absolute Gasteiger partial charge is 0.126 e. The van der Waals surface area contributed by atoms with Crippen molar-refractivity contribution in [1.29, 1.82) is 0 Å². The Morgan fingerprint density at radius 3 is 2.47 bits per heavy atom. The predicted molar refractivity (Wildman–Crippen MR) is 82.0 cm³/mol. The van der Waals surface area contributed by atoms with Gasteiger partial charge in [-0.05, 0) is 36.4 Å². The van der Waals surface area contributed by atoms with Crippen molar-refractivity contribution < 1.29 is 4.39 Å². The van der Waals surface area contributed by atoms with E-state index in [1.54, 1.807) is 24.3 Å². The number of rotatable bonds is 3. The summed E-state index contributed by atoms with van der Waals surface area (Å²) in [5.41, 5.74) is 7.30. The molecule has 98 valence electrons. The molecule has 2 aromatic rings. The third-order valence-corrected chi connectivity index (χ3v) is 3.16. The topological polar surface area (TPSA) is 38.0 Å². The van der Waals surface area contributed by atoms with Crippen molar-refractivity contribution in [3.05, 3.63) is 57.8 Å². The van der Waals surface area contributed by atoms with Crippen molar-refractivity contribution in [1.82, 2.24) is 0 Å². The first kappa shape index (κ1) is 14.1. The van der Waals surface area contributed by atoms with E-state index in [0.717, 1.165) is 0 Å². The van der Waals surface area contributed by atoms with Crippen LogP contribution in [0.1, 0.15) is 5.56 Å². The summed E-state index contributed by atoms with van der Waals surface area (Å²) in [5.74, 6) is -0.425. The number of anilines is 2. The first-order chi connectivity index (χ1) is 8.95. The standard InChI is InChI=1S/C13H9Cl2FN2S/c14-8-4-9(16)6-10(5-8)18-12-2-1-7(13(17)19)3-11(12)15/h1-6,18H,(H2,17,19). The third kappa shape index (κ3) is 3.56. The van der Waals surface area contributed by atoms with Gasteiger partial charge in [0.25, 0.3) is 0 Å². The van der Waals surface area contributed by atoms with E-state index in [2.05, 4.69) is 5.32 Å². The summed E-state index contributed by atoms with van der Waals surface area (Å²) in [6.45, 7) is 0. The molecule has 0 heterocycles. The number of halogens is 3. The van der Waals surface area contributed by atoms with Crippen LogP contribution in [0.2, 0.25) is 10.0 Å². The number of thiocarbonyl (C=S) groups is 1. The van der Waals surface area contributed by atoms with Gasteiger partial charge in [-0.3, -0.25) is 0 Å². The van der Waals surface area contributed by atoms with Crippen molar-refractivity contribution >= 4 is 51.8 Å². The van der Waals surface area contributed by atoms with Gasteiger partial charge < -0.3 is 11.1 Å². The van der Waals surface area contributed by atoms with E-state index in [1.165, 1.54) is 12.1 Å². The number of nitrogens with one attached hydrogen (secondary N) is 1. The monoisotopic (exact) mass is 314 g/mol. The van der Waals surface area contributed by atoms with Crippen LogP contribution in [0.4, 0.5) is 15.8 Å². The van der Waals surface area contributed by atoms with Crippen molar-refractivity contribution in [2.24, 2.45) is 5.73 Å². The first-order valence-electron chi connectivity index (χ1n) is 5.28. The second-order valence-corrected chi connectivity index (χ2v) is 5.13. The zero-order valence-electron chi connectivity index (χ0n) is 9.58. The summed E-state index contributed by atoms with van der Waals surface area (Å²) >= 11 is 16.7. The van der Waals surface area contributed by atoms with Gasteiger partial charge >= 0.3 is 0 Å². The zero-order chi connectivity index (χ0) is 14.0.